The molecule has 2 nitrogen and oxygen atoms in total. The lowest BCUT2D eigenvalue weighted by Gasteiger charge is -2.12. The molecule has 0 saturated carbocycles. The van der Waals surface area contributed by atoms with E-state index in [0.717, 1.165) is 5.56 Å². The topological polar surface area (TPSA) is 52.0 Å². The molecule has 0 saturated heterocycles. The molecule has 0 aliphatic heterocycles. The van der Waals surface area contributed by atoms with Crippen LogP contribution in [0.1, 0.15) is 11.6 Å². The van der Waals surface area contributed by atoms with Crippen LogP contribution in [0.25, 0.3) is 0 Å². The van der Waals surface area contributed by atoms with Crippen molar-refractivity contribution in [2.75, 3.05) is 6.54 Å². The van der Waals surface area contributed by atoms with Gasteiger partial charge < -0.3 is 11.5 Å². The summed E-state index contributed by atoms with van der Waals surface area (Å²) >= 11 is 11.8. The molecule has 0 aliphatic carbocycles. The van der Waals surface area contributed by atoms with Crippen LogP contribution in [-0.2, 0) is 0 Å². The van der Waals surface area contributed by atoms with Crippen molar-refractivity contribution in [3.63, 3.8) is 0 Å². The molecule has 0 heterocycles. The third-order valence-corrected chi connectivity index (χ3v) is 2.28. The van der Waals surface area contributed by atoms with E-state index in [1.807, 2.05) is 0 Å². The van der Waals surface area contributed by atoms with E-state index >= 15 is 0 Å². The lowest BCUT2D eigenvalue weighted by Crippen LogP contribution is -2.21. The second-order valence-electron chi connectivity index (χ2n) is 2.48. The van der Waals surface area contributed by atoms with Gasteiger partial charge in [0.2, 0.25) is 0 Å². The molecule has 4 heteroatoms. The van der Waals surface area contributed by atoms with Gasteiger partial charge in [-0.25, -0.2) is 0 Å². The number of nitrogens with two attached hydrogens (primary N) is 2. The minimum Gasteiger partial charge on any atom is -0.329 e. The van der Waals surface area contributed by atoms with Crippen LogP contribution < -0.4 is 11.5 Å². The van der Waals surface area contributed by atoms with Crippen molar-refractivity contribution in [3.8, 4) is 0 Å². The quantitative estimate of drug-likeness (QED) is 0.775. The van der Waals surface area contributed by atoms with Gasteiger partial charge in [0, 0.05) is 28.2 Å². The van der Waals surface area contributed by atoms with Gasteiger partial charge in [-0.05, 0) is 12.1 Å². The molecule has 0 aliphatic rings. The zero-order valence-electron chi connectivity index (χ0n) is 6.43. The first-order chi connectivity index (χ1) is 5.66. The smallest absolute Gasteiger partial charge is 0.0469 e. The first-order valence-corrected chi connectivity index (χ1v) is 4.32. The van der Waals surface area contributed by atoms with Gasteiger partial charge in [0.1, 0.15) is 0 Å². The van der Waals surface area contributed by atoms with E-state index in [-0.39, 0.29) is 6.04 Å². The Kier molecular flexibility index (Phi) is 3.35. The van der Waals surface area contributed by atoms with E-state index in [4.69, 9.17) is 34.7 Å². The monoisotopic (exact) mass is 204 g/mol. The summed E-state index contributed by atoms with van der Waals surface area (Å²) in [4.78, 5) is 0. The van der Waals surface area contributed by atoms with Crippen LogP contribution in [0.4, 0.5) is 0 Å². The fourth-order valence-corrected chi connectivity index (χ4v) is 1.66. The fraction of sp³-hybridized carbons (Fsp3) is 0.250. The van der Waals surface area contributed by atoms with Gasteiger partial charge in [-0.1, -0.05) is 29.3 Å². The molecule has 1 unspecified atom stereocenters. The van der Waals surface area contributed by atoms with Gasteiger partial charge in [-0.15, -0.1) is 0 Å². The fourth-order valence-electron chi connectivity index (χ4n) is 0.983. The van der Waals surface area contributed by atoms with Crippen LogP contribution in [0.5, 0.6) is 0 Å². The number of hydrogen-bond donors (Lipinski definition) is 2. The van der Waals surface area contributed by atoms with E-state index in [2.05, 4.69) is 0 Å². The predicted octanol–water partition coefficient (Wildman–Crippen LogP) is 1.95. The predicted molar refractivity (Wildman–Crippen MR) is 52.4 cm³/mol. The number of rotatable bonds is 2. The van der Waals surface area contributed by atoms with Gasteiger partial charge in [-0.2, -0.15) is 0 Å². The van der Waals surface area contributed by atoms with Crippen molar-refractivity contribution in [1.82, 2.24) is 0 Å². The number of benzene rings is 1. The summed E-state index contributed by atoms with van der Waals surface area (Å²) in [5.74, 6) is 0. The van der Waals surface area contributed by atoms with Crippen LogP contribution in [-0.4, -0.2) is 6.54 Å². The van der Waals surface area contributed by atoms with Crippen molar-refractivity contribution < 1.29 is 0 Å². The third kappa shape index (κ3) is 1.90. The summed E-state index contributed by atoms with van der Waals surface area (Å²) in [6.07, 6.45) is 0. The highest BCUT2D eigenvalue weighted by Gasteiger charge is 2.11. The molecular weight excluding hydrogens is 195 g/mol. The highest BCUT2D eigenvalue weighted by atomic mass is 35.5. The van der Waals surface area contributed by atoms with Crippen molar-refractivity contribution in [2.24, 2.45) is 11.5 Å². The standard InChI is InChI=1S/C8H10Cl2N2/c9-5-2-1-3-6(10)8(5)7(12)4-11/h1-3,7H,4,11-12H2. The van der Waals surface area contributed by atoms with E-state index in [1.165, 1.54) is 0 Å². The molecule has 66 valence electrons. The lowest BCUT2D eigenvalue weighted by molar-refractivity contribution is 0.737. The maximum atomic E-state index is 5.88. The van der Waals surface area contributed by atoms with Crippen molar-refractivity contribution in [3.05, 3.63) is 33.8 Å². The molecule has 0 amide bonds. The average molecular weight is 205 g/mol. The Morgan fingerprint density at radius 1 is 1.25 bits per heavy atom. The summed E-state index contributed by atoms with van der Waals surface area (Å²) in [6, 6.07) is 4.99. The Morgan fingerprint density at radius 2 is 1.75 bits per heavy atom. The highest BCUT2D eigenvalue weighted by Crippen LogP contribution is 2.28. The Bertz CT molecular complexity index is 256. The number of hydrogen-bond acceptors (Lipinski definition) is 2. The SMILES string of the molecule is NCC(N)c1c(Cl)cccc1Cl. The van der Waals surface area contributed by atoms with Gasteiger partial charge in [0.15, 0.2) is 0 Å². The summed E-state index contributed by atoms with van der Waals surface area (Å²) in [5.41, 5.74) is 11.8. The minimum absolute atomic E-state index is 0.286. The van der Waals surface area contributed by atoms with Gasteiger partial charge in [0.25, 0.3) is 0 Å². The Balaban J connectivity index is 3.12. The highest BCUT2D eigenvalue weighted by molar-refractivity contribution is 6.36. The van der Waals surface area contributed by atoms with Crippen LogP contribution >= 0.6 is 23.2 Å². The molecule has 0 radical (unpaired) electrons. The molecule has 0 spiro atoms. The first-order valence-electron chi connectivity index (χ1n) is 3.56. The van der Waals surface area contributed by atoms with Crippen LogP contribution in [0, 0.1) is 0 Å². The average Bonchev–Trinajstić information content (AvgIpc) is 2.03. The van der Waals surface area contributed by atoms with Gasteiger partial charge in [-0.3, -0.25) is 0 Å². The van der Waals surface area contributed by atoms with Crippen molar-refractivity contribution >= 4 is 23.2 Å². The van der Waals surface area contributed by atoms with Crippen molar-refractivity contribution in [2.45, 2.75) is 6.04 Å². The van der Waals surface area contributed by atoms with Gasteiger partial charge >= 0.3 is 0 Å². The normalized spacial score (nSPS) is 13.0. The van der Waals surface area contributed by atoms with Gasteiger partial charge in [0.05, 0.1) is 0 Å². The Hall–Kier alpha value is -0.280. The zero-order valence-corrected chi connectivity index (χ0v) is 7.94. The summed E-state index contributed by atoms with van der Waals surface area (Å²) in [5, 5.41) is 1.14. The molecule has 12 heavy (non-hydrogen) atoms. The molecule has 1 atom stereocenters. The summed E-state index contributed by atoms with van der Waals surface area (Å²) in [7, 11) is 0. The van der Waals surface area contributed by atoms with E-state index in [9.17, 15) is 0 Å². The van der Waals surface area contributed by atoms with E-state index < -0.39 is 0 Å². The van der Waals surface area contributed by atoms with Crippen molar-refractivity contribution in [1.29, 1.82) is 0 Å². The molecule has 0 bridgehead atoms. The second-order valence-corrected chi connectivity index (χ2v) is 3.29. The third-order valence-electron chi connectivity index (χ3n) is 1.62. The summed E-state index contributed by atoms with van der Waals surface area (Å²) < 4.78 is 0. The number of halogens is 2. The summed E-state index contributed by atoms with van der Waals surface area (Å²) in [6.45, 7) is 0.337. The maximum Gasteiger partial charge on any atom is 0.0469 e. The van der Waals surface area contributed by atoms with E-state index in [1.54, 1.807) is 18.2 Å². The molecule has 1 aromatic rings. The Labute approximate surface area is 81.4 Å². The van der Waals surface area contributed by atoms with Crippen LogP contribution in [0.3, 0.4) is 0 Å². The minimum atomic E-state index is -0.286. The molecule has 4 N–H and O–H groups in total. The molecule has 0 fully saturated rings. The Morgan fingerprint density at radius 3 is 2.17 bits per heavy atom. The zero-order chi connectivity index (χ0) is 9.14. The van der Waals surface area contributed by atoms with E-state index in [0.29, 0.717) is 16.6 Å². The van der Waals surface area contributed by atoms with Crippen LogP contribution in [0.2, 0.25) is 10.0 Å². The van der Waals surface area contributed by atoms with Crippen LogP contribution in [0.15, 0.2) is 18.2 Å². The molecular formula is C8H10Cl2N2. The lowest BCUT2D eigenvalue weighted by atomic mass is 10.1. The first kappa shape index (κ1) is 9.81. The molecule has 1 aromatic carbocycles. The molecule has 1 rings (SSSR count). The second kappa shape index (κ2) is 4.10. The maximum absolute atomic E-state index is 5.88. The largest absolute Gasteiger partial charge is 0.329 e. The molecule has 0 aromatic heterocycles.